The lowest BCUT2D eigenvalue weighted by molar-refractivity contribution is 0.229. The maximum absolute atomic E-state index is 12.1. The van der Waals surface area contributed by atoms with Crippen LogP contribution in [0.5, 0.6) is 0 Å². The highest BCUT2D eigenvalue weighted by molar-refractivity contribution is 5.94. The molecule has 1 aliphatic heterocycles. The summed E-state index contributed by atoms with van der Waals surface area (Å²) in [6.07, 6.45) is 1.69. The van der Waals surface area contributed by atoms with E-state index in [0.29, 0.717) is 24.6 Å². The van der Waals surface area contributed by atoms with Crippen molar-refractivity contribution < 1.29 is 4.79 Å². The summed E-state index contributed by atoms with van der Waals surface area (Å²) in [4.78, 5) is 21.2. The van der Waals surface area contributed by atoms with Gasteiger partial charge >= 0.3 is 6.03 Å². The Labute approximate surface area is 138 Å². The molecule has 1 aliphatic rings. The highest BCUT2D eigenvalue weighted by Crippen LogP contribution is 2.22. The van der Waals surface area contributed by atoms with Crippen molar-refractivity contribution in [2.24, 2.45) is 0 Å². The van der Waals surface area contributed by atoms with E-state index in [-0.39, 0.29) is 6.03 Å². The van der Waals surface area contributed by atoms with E-state index in [9.17, 15) is 4.79 Å². The van der Waals surface area contributed by atoms with Crippen LogP contribution in [0, 0.1) is 0 Å². The Kier molecular flexibility index (Phi) is 3.42. The number of amides is 2. The Morgan fingerprint density at radius 2 is 1.92 bits per heavy atom. The third kappa shape index (κ3) is 2.47. The standard InChI is InChI=1S/C16H15N7O/c1-21-9-10-22(16(21)24)12-5-4-6-13(11-12)23-19-15(18-20-23)14-7-2-3-8-17-14/h2-8,11H,9-10H2,1H3. The number of rotatable bonds is 3. The fraction of sp³-hybridized carbons (Fsp3) is 0.188. The van der Waals surface area contributed by atoms with Gasteiger partial charge in [0.05, 0.1) is 5.69 Å². The number of carbonyl (C=O) groups is 1. The Bertz CT molecular complexity index is 877. The van der Waals surface area contributed by atoms with Crippen molar-refractivity contribution in [2.75, 3.05) is 25.0 Å². The van der Waals surface area contributed by atoms with Gasteiger partial charge in [-0.3, -0.25) is 9.88 Å². The third-order valence-electron chi connectivity index (χ3n) is 3.90. The molecule has 0 unspecified atom stereocenters. The van der Waals surface area contributed by atoms with Gasteiger partial charge in [0.15, 0.2) is 0 Å². The van der Waals surface area contributed by atoms with Crippen LogP contribution in [0.1, 0.15) is 0 Å². The first-order valence-corrected chi connectivity index (χ1v) is 7.57. The molecule has 24 heavy (non-hydrogen) atoms. The molecular weight excluding hydrogens is 306 g/mol. The maximum Gasteiger partial charge on any atom is 0.324 e. The van der Waals surface area contributed by atoms with E-state index in [0.717, 1.165) is 11.4 Å². The van der Waals surface area contributed by atoms with Crippen molar-refractivity contribution in [3.63, 3.8) is 0 Å². The van der Waals surface area contributed by atoms with Gasteiger partial charge in [-0.2, -0.15) is 0 Å². The second-order valence-corrected chi connectivity index (χ2v) is 5.49. The van der Waals surface area contributed by atoms with E-state index in [2.05, 4.69) is 20.4 Å². The van der Waals surface area contributed by atoms with Crippen LogP contribution in [-0.2, 0) is 0 Å². The summed E-state index contributed by atoms with van der Waals surface area (Å²) < 4.78 is 0. The van der Waals surface area contributed by atoms with Crippen molar-refractivity contribution in [1.82, 2.24) is 30.1 Å². The third-order valence-corrected chi connectivity index (χ3v) is 3.90. The predicted molar refractivity (Wildman–Crippen MR) is 87.8 cm³/mol. The lowest BCUT2D eigenvalue weighted by Gasteiger charge is -2.16. The quantitative estimate of drug-likeness (QED) is 0.732. The molecule has 2 aromatic heterocycles. The number of pyridine rings is 1. The van der Waals surface area contributed by atoms with Crippen LogP contribution >= 0.6 is 0 Å². The number of nitrogens with zero attached hydrogens (tertiary/aromatic N) is 7. The maximum atomic E-state index is 12.1. The molecule has 1 fully saturated rings. The molecule has 0 aliphatic carbocycles. The molecule has 0 saturated carbocycles. The summed E-state index contributed by atoms with van der Waals surface area (Å²) in [6.45, 7) is 1.39. The van der Waals surface area contributed by atoms with Crippen molar-refractivity contribution in [2.45, 2.75) is 0 Å². The zero-order valence-corrected chi connectivity index (χ0v) is 13.1. The second kappa shape index (κ2) is 5.73. The molecule has 1 saturated heterocycles. The topological polar surface area (TPSA) is 80.0 Å². The molecule has 0 spiro atoms. The SMILES string of the molecule is CN1CCN(c2cccc(-n3nnc(-c4ccccn4)n3)c2)C1=O. The van der Waals surface area contributed by atoms with Crippen LogP contribution in [0.25, 0.3) is 17.2 Å². The molecule has 0 N–H and O–H groups in total. The number of tetrazole rings is 1. The first-order valence-electron chi connectivity index (χ1n) is 7.57. The fourth-order valence-corrected chi connectivity index (χ4v) is 2.59. The minimum atomic E-state index is -0.00660. The van der Waals surface area contributed by atoms with Gasteiger partial charge in [-0.15, -0.1) is 15.0 Å². The van der Waals surface area contributed by atoms with Crippen LogP contribution in [0.4, 0.5) is 10.5 Å². The Morgan fingerprint density at radius 3 is 2.67 bits per heavy atom. The van der Waals surface area contributed by atoms with Crippen molar-refractivity contribution >= 4 is 11.7 Å². The average Bonchev–Trinajstić information content (AvgIpc) is 3.24. The van der Waals surface area contributed by atoms with Crippen LogP contribution < -0.4 is 4.90 Å². The summed E-state index contributed by atoms with van der Waals surface area (Å²) in [6, 6.07) is 13.1. The van der Waals surface area contributed by atoms with Crippen LogP contribution in [0.15, 0.2) is 48.7 Å². The monoisotopic (exact) mass is 321 g/mol. The number of hydrogen-bond acceptors (Lipinski definition) is 5. The normalized spacial score (nSPS) is 14.5. The van der Waals surface area contributed by atoms with Gasteiger partial charge in [-0.25, -0.2) is 4.79 Å². The second-order valence-electron chi connectivity index (χ2n) is 5.49. The molecule has 4 rings (SSSR count). The summed E-state index contributed by atoms with van der Waals surface area (Å²) in [5, 5.41) is 12.5. The number of aromatic nitrogens is 5. The predicted octanol–water partition coefficient (Wildman–Crippen LogP) is 1.60. The molecule has 8 nitrogen and oxygen atoms in total. The Hall–Kier alpha value is -3.29. The van der Waals surface area contributed by atoms with Gasteiger partial charge in [-0.05, 0) is 35.5 Å². The minimum Gasteiger partial charge on any atom is -0.326 e. The molecule has 0 atom stereocenters. The molecule has 3 aromatic rings. The number of hydrogen-bond donors (Lipinski definition) is 0. The number of benzene rings is 1. The number of anilines is 1. The van der Waals surface area contributed by atoms with Crippen LogP contribution in [-0.4, -0.2) is 56.3 Å². The van der Waals surface area contributed by atoms with Gasteiger partial charge in [0, 0.05) is 32.0 Å². The molecule has 0 bridgehead atoms. The molecule has 8 heteroatoms. The summed E-state index contributed by atoms with van der Waals surface area (Å²) >= 11 is 0. The first-order chi connectivity index (χ1) is 11.7. The fourth-order valence-electron chi connectivity index (χ4n) is 2.59. The lowest BCUT2D eigenvalue weighted by Crippen LogP contribution is -2.29. The Morgan fingerprint density at radius 1 is 1.04 bits per heavy atom. The molecule has 0 radical (unpaired) electrons. The van der Waals surface area contributed by atoms with Crippen molar-refractivity contribution in [1.29, 1.82) is 0 Å². The smallest absolute Gasteiger partial charge is 0.324 e. The summed E-state index contributed by atoms with van der Waals surface area (Å²) in [5.74, 6) is 0.456. The van der Waals surface area contributed by atoms with Gasteiger partial charge in [0.25, 0.3) is 0 Å². The zero-order valence-electron chi connectivity index (χ0n) is 13.1. The molecule has 1 aromatic carbocycles. The molecular formula is C16H15N7O. The van der Waals surface area contributed by atoms with E-state index in [1.807, 2.05) is 42.5 Å². The first kappa shape index (κ1) is 14.3. The number of carbonyl (C=O) groups excluding carboxylic acids is 1. The molecule has 120 valence electrons. The van der Waals surface area contributed by atoms with Gasteiger partial charge < -0.3 is 4.90 Å². The average molecular weight is 321 g/mol. The largest absolute Gasteiger partial charge is 0.326 e. The van der Waals surface area contributed by atoms with Gasteiger partial charge in [-0.1, -0.05) is 12.1 Å². The molecule has 2 amide bonds. The Balaban J connectivity index is 1.65. The minimum absolute atomic E-state index is 0.00660. The van der Waals surface area contributed by atoms with Crippen molar-refractivity contribution in [3.05, 3.63) is 48.7 Å². The van der Waals surface area contributed by atoms with E-state index in [1.165, 1.54) is 4.80 Å². The highest BCUT2D eigenvalue weighted by Gasteiger charge is 2.26. The van der Waals surface area contributed by atoms with E-state index < -0.39 is 0 Å². The van der Waals surface area contributed by atoms with Crippen LogP contribution in [0.2, 0.25) is 0 Å². The lowest BCUT2D eigenvalue weighted by atomic mass is 10.2. The highest BCUT2D eigenvalue weighted by atomic mass is 16.2. The van der Waals surface area contributed by atoms with Crippen molar-refractivity contribution in [3.8, 4) is 17.2 Å². The van der Waals surface area contributed by atoms with Gasteiger partial charge in [0.1, 0.15) is 5.69 Å². The van der Waals surface area contributed by atoms with E-state index >= 15 is 0 Å². The van der Waals surface area contributed by atoms with E-state index in [1.54, 1.807) is 23.0 Å². The van der Waals surface area contributed by atoms with Crippen LogP contribution in [0.3, 0.4) is 0 Å². The summed E-state index contributed by atoms with van der Waals surface area (Å²) in [7, 11) is 1.80. The zero-order chi connectivity index (χ0) is 16.5. The van der Waals surface area contributed by atoms with Gasteiger partial charge in [0.2, 0.25) is 5.82 Å². The summed E-state index contributed by atoms with van der Waals surface area (Å²) in [5.41, 5.74) is 2.22. The number of likely N-dealkylation sites (N-methyl/N-ethyl adjacent to an activating group) is 1. The molecule has 3 heterocycles. The van der Waals surface area contributed by atoms with E-state index in [4.69, 9.17) is 0 Å². The number of urea groups is 1.